The summed E-state index contributed by atoms with van der Waals surface area (Å²) >= 11 is 0. The monoisotopic (exact) mass is 371 g/mol. The Kier molecular flexibility index (Phi) is 5.02. The highest BCUT2D eigenvalue weighted by Gasteiger charge is 2.20. The molecule has 2 aromatic heterocycles. The van der Waals surface area contributed by atoms with Crippen molar-refractivity contribution < 1.29 is 0 Å². The molecule has 28 heavy (non-hydrogen) atoms. The molecule has 0 aliphatic carbocycles. The molecular weight excluding hydrogens is 350 g/mol. The zero-order valence-electron chi connectivity index (χ0n) is 15.7. The molecule has 0 amide bonds. The van der Waals surface area contributed by atoms with Gasteiger partial charge in [0.2, 0.25) is 5.95 Å². The van der Waals surface area contributed by atoms with E-state index < -0.39 is 0 Å². The van der Waals surface area contributed by atoms with E-state index in [2.05, 4.69) is 31.2 Å². The van der Waals surface area contributed by atoms with E-state index in [0.717, 1.165) is 55.1 Å². The van der Waals surface area contributed by atoms with Crippen molar-refractivity contribution >= 4 is 23.3 Å². The molecule has 1 N–H and O–H groups in total. The molecule has 3 heterocycles. The van der Waals surface area contributed by atoms with Gasteiger partial charge in [0.05, 0.1) is 11.6 Å². The fraction of sp³-hybridized carbons (Fsp3) is 0.238. The van der Waals surface area contributed by atoms with Crippen LogP contribution < -0.4 is 15.1 Å². The Balaban J connectivity index is 1.48. The molecule has 0 spiro atoms. The highest BCUT2D eigenvalue weighted by Crippen LogP contribution is 2.21. The van der Waals surface area contributed by atoms with Gasteiger partial charge in [0.1, 0.15) is 11.6 Å². The summed E-state index contributed by atoms with van der Waals surface area (Å²) in [4.78, 5) is 18.2. The molecule has 0 atom stereocenters. The molecule has 0 radical (unpaired) electrons. The van der Waals surface area contributed by atoms with Crippen LogP contribution in [-0.4, -0.2) is 41.1 Å². The number of pyridine rings is 1. The van der Waals surface area contributed by atoms with Crippen LogP contribution in [0.3, 0.4) is 0 Å². The Bertz CT molecular complexity index is 989. The Morgan fingerprint density at radius 3 is 2.54 bits per heavy atom. The van der Waals surface area contributed by atoms with Crippen LogP contribution in [0.4, 0.5) is 23.3 Å². The zero-order chi connectivity index (χ0) is 19.3. The van der Waals surface area contributed by atoms with E-state index in [4.69, 9.17) is 10.2 Å². The van der Waals surface area contributed by atoms with Gasteiger partial charge in [0, 0.05) is 49.8 Å². The summed E-state index contributed by atoms with van der Waals surface area (Å²) in [5.74, 6) is 2.45. The van der Waals surface area contributed by atoms with E-state index in [1.165, 1.54) is 0 Å². The topological polar surface area (TPSA) is 81.0 Å². The van der Waals surface area contributed by atoms with Gasteiger partial charge in [-0.25, -0.2) is 9.97 Å². The molecule has 7 heteroatoms. The summed E-state index contributed by atoms with van der Waals surface area (Å²) in [7, 11) is 0. The van der Waals surface area contributed by atoms with Gasteiger partial charge in [-0.05, 0) is 37.3 Å². The maximum Gasteiger partial charge on any atom is 0.227 e. The number of anilines is 4. The third-order valence-corrected chi connectivity index (χ3v) is 4.64. The summed E-state index contributed by atoms with van der Waals surface area (Å²) in [5.41, 5.74) is 2.35. The molecule has 7 nitrogen and oxygen atoms in total. The van der Waals surface area contributed by atoms with Crippen LogP contribution in [0.5, 0.6) is 0 Å². The largest absolute Gasteiger partial charge is 0.353 e. The lowest BCUT2D eigenvalue weighted by molar-refractivity contribution is 0.634. The Morgan fingerprint density at radius 1 is 0.964 bits per heavy atom. The molecule has 1 fully saturated rings. The van der Waals surface area contributed by atoms with Crippen molar-refractivity contribution in [2.75, 3.05) is 41.3 Å². The van der Waals surface area contributed by atoms with E-state index in [1.54, 1.807) is 6.07 Å². The Labute approximate surface area is 164 Å². The minimum Gasteiger partial charge on any atom is -0.353 e. The molecule has 1 aromatic carbocycles. The van der Waals surface area contributed by atoms with Crippen molar-refractivity contribution in [2.45, 2.75) is 6.92 Å². The number of hydrogen-bond acceptors (Lipinski definition) is 7. The number of nitrogens with one attached hydrogen (secondary N) is 1. The van der Waals surface area contributed by atoms with Crippen LogP contribution in [0.2, 0.25) is 0 Å². The highest BCUT2D eigenvalue weighted by molar-refractivity contribution is 5.60. The molecular formula is C21H21N7. The number of piperazine rings is 1. The predicted molar refractivity (Wildman–Crippen MR) is 110 cm³/mol. The lowest BCUT2D eigenvalue weighted by atomic mass is 10.2. The van der Waals surface area contributed by atoms with Gasteiger partial charge in [-0.1, -0.05) is 12.1 Å². The van der Waals surface area contributed by atoms with E-state index in [0.29, 0.717) is 5.56 Å². The summed E-state index contributed by atoms with van der Waals surface area (Å²) in [6.07, 6.45) is 1.82. The second kappa shape index (κ2) is 7.92. The number of nitrogens with zero attached hydrogens (tertiary/aromatic N) is 6. The van der Waals surface area contributed by atoms with Gasteiger partial charge in [-0.3, -0.25) is 0 Å². The first-order valence-electron chi connectivity index (χ1n) is 9.25. The highest BCUT2D eigenvalue weighted by atomic mass is 15.3. The number of aromatic nitrogens is 3. The predicted octanol–water partition coefficient (Wildman–Crippen LogP) is 3.12. The van der Waals surface area contributed by atoms with Gasteiger partial charge >= 0.3 is 0 Å². The van der Waals surface area contributed by atoms with E-state index in [1.807, 2.05) is 55.6 Å². The van der Waals surface area contributed by atoms with E-state index in [9.17, 15) is 0 Å². The smallest absolute Gasteiger partial charge is 0.227 e. The number of hydrogen-bond donors (Lipinski definition) is 1. The molecule has 1 aliphatic heterocycles. The quantitative estimate of drug-likeness (QED) is 0.754. The second-order valence-corrected chi connectivity index (χ2v) is 6.67. The van der Waals surface area contributed by atoms with Crippen molar-refractivity contribution in [3.05, 3.63) is 66.0 Å². The van der Waals surface area contributed by atoms with Crippen LogP contribution in [0.15, 0.2) is 54.7 Å². The molecule has 0 unspecified atom stereocenters. The molecule has 1 saturated heterocycles. The van der Waals surface area contributed by atoms with Crippen LogP contribution in [0, 0.1) is 18.3 Å². The molecule has 1 aliphatic rings. The normalized spacial score (nSPS) is 13.9. The minimum atomic E-state index is 0.613. The number of benzene rings is 1. The maximum absolute atomic E-state index is 9.07. The molecule has 0 bridgehead atoms. The third-order valence-electron chi connectivity index (χ3n) is 4.64. The van der Waals surface area contributed by atoms with Crippen molar-refractivity contribution in [3.8, 4) is 6.07 Å². The number of aryl methyl sites for hydroxylation is 1. The first-order valence-corrected chi connectivity index (χ1v) is 9.25. The van der Waals surface area contributed by atoms with Crippen molar-refractivity contribution in [2.24, 2.45) is 0 Å². The number of nitriles is 1. The van der Waals surface area contributed by atoms with Gasteiger partial charge in [-0.15, -0.1) is 0 Å². The van der Waals surface area contributed by atoms with Crippen LogP contribution >= 0.6 is 0 Å². The van der Waals surface area contributed by atoms with Crippen LogP contribution in [0.25, 0.3) is 0 Å². The van der Waals surface area contributed by atoms with Crippen LogP contribution in [0.1, 0.15) is 11.3 Å². The Morgan fingerprint density at radius 2 is 1.79 bits per heavy atom. The molecule has 4 rings (SSSR count). The maximum atomic E-state index is 9.07. The van der Waals surface area contributed by atoms with E-state index >= 15 is 0 Å². The zero-order valence-corrected chi connectivity index (χ0v) is 15.7. The Hall–Kier alpha value is -3.66. The molecule has 140 valence electrons. The lowest BCUT2D eigenvalue weighted by Gasteiger charge is -2.35. The summed E-state index contributed by atoms with van der Waals surface area (Å²) < 4.78 is 0. The fourth-order valence-electron chi connectivity index (χ4n) is 3.25. The lowest BCUT2D eigenvalue weighted by Crippen LogP contribution is -2.47. The summed E-state index contributed by atoms with van der Waals surface area (Å²) in [6, 6.07) is 17.4. The van der Waals surface area contributed by atoms with Gasteiger partial charge in [0.15, 0.2) is 0 Å². The average Bonchev–Trinajstić information content (AvgIpc) is 2.74. The SMILES string of the molecule is Cc1cc(Nc2cccc(C#N)c2)nc(N2CCN(c3ccccn3)CC2)n1. The fourth-order valence-corrected chi connectivity index (χ4v) is 3.25. The summed E-state index contributed by atoms with van der Waals surface area (Å²) in [6.45, 7) is 5.39. The minimum absolute atomic E-state index is 0.613. The van der Waals surface area contributed by atoms with Gasteiger partial charge in [0.25, 0.3) is 0 Å². The molecule has 0 saturated carbocycles. The second-order valence-electron chi connectivity index (χ2n) is 6.67. The average molecular weight is 371 g/mol. The van der Waals surface area contributed by atoms with E-state index in [-0.39, 0.29) is 0 Å². The standard InChI is InChI=1S/C21H21N7/c1-16-13-19(25-18-6-4-5-17(14-18)15-22)26-21(24-16)28-11-9-27(10-12-28)20-7-2-3-8-23-20/h2-8,13-14H,9-12H2,1H3,(H,24,25,26). The molecule has 3 aromatic rings. The van der Waals surface area contributed by atoms with Crippen molar-refractivity contribution in [1.82, 2.24) is 15.0 Å². The van der Waals surface area contributed by atoms with Gasteiger partial charge < -0.3 is 15.1 Å². The van der Waals surface area contributed by atoms with Crippen molar-refractivity contribution in [1.29, 1.82) is 5.26 Å². The van der Waals surface area contributed by atoms with Crippen molar-refractivity contribution in [3.63, 3.8) is 0 Å². The first kappa shape index (κ1) is 17.7. The number of rotatable bonds is 4. The first-order chi connectivity index (χ1) is 13.7. The van der Waals surface area contributed by atoms with Crippen LogP contribution in [-0.2, 0) is 0 Å². The third kappa shape index (κ3) is 4.01. The van der Waals surface area contributed by atoms with Gasteiger partial charge in [-0.2, -0.15) is 10.2 Å². The summed E-state index contributed by atoms with van der Waals surface area (Å²) in [5, 5.41) is 12.4.